The second kappa shape index (κ2) is 7.67. The van der Waals surface area contributed by atoms with Crippen LogP contribution in [-0.4, -0.2) is 44.6 Å². The molecule has 20 heavy (non-hydrogen) atoms. The summed E-state index contributed by atoms with van der Waals surface area (Å²) in [6.45, 7) is 1.79. The summed E-state index contributed by atoms with van der Waals surface area (Å²) in [5.41, 5.74) is 1.62. The lowest BCUT2D eigenvalue weighted by atomic mass is 10.1. The van der Waals surface area contributed by atoms with Crippen LogP contribution < -0.4 is 10.1 Å². The topological polar surface area (TPSA) is 41.6 Å². The van der Waals surface area contributed by atoms with Gasteiger partial charge in [-0.05, 0) is 31.3 Å². The predicted octanol–water partition coefficient (Wildman–Crippen LogP) is 2.32. The van der Waals surface area contributed by atoms with Crippen molar-refractivity contribution < 1.29 is 9.53 Å². The third-order valence-corrected chi connectivity index (χ3v) is 3.50. The van der Waals surface area contributed by atoms with Crippen LogP contribution in [-0.2, 0) is 4.79 Å². The maximum Gasteiger partial charge on any atom is 0.253 e. The van der Waals surface area contributed by atoms with Gasteiger partial charge in [-0.15, -0.1) is 12.4 Å². The SMILES string of the molecule is CNCCN(C)C(=O)C1=Cc2cc(Br)ccc2OC1.Cl. The van der Waals surface area contributed by atoms with Crippen molar-refractivity contribution in [3.8, 4) is 5.75 Å². The summed E-state index contributed by atoms with van der Waals surface area (Å²) in [6, 6.07) is 5.79. The zero-order valence-electron chi connectivity index (χ0n) is 11.5. The molecular weight excluding hydrogens is 344 g/mol. The molecule has 0 unspecified atom stereocenters. The third-order valence-electron chi connectivity index (χ3n) is 3.00. The van der Waals surface area contributed by atoms with Crippen molar-refractivity contribution in [2.75, 3.05) is 33.8 Å². The van der Waals surface area contributed by atoms with E-state index < -0.39 is 0 Å². The van der Waals surface area contributed by atoms with Gasteiger partial charge in [0.1, 0.15) is 12.4 Å². The van der Waals surface area contributed by atoms with E-state index in [0.717, 1.165) is 22.3 Å². The quantitative estimate of drug-likeness (QED) is 0.895. The second-order valence-electron chi connectivity index (χ2n) is 4.47. The Hall–Kier alpha value is -1.04. The smallest absolute Gasteiger partial charge is 0.253 e. The van der Waals surface area contributed by atoms with Gasteiger partial charge in [0.15, 0.2) is 0 Å². The summed E-state index contributed by atoms with van der Waals surface area (Å²) >= 11 is 3.42. The first kappa shape index (κ1) is 17.0. The molecule has 110 valence electrons. The summed E-state index contributed by atoms with van der Waals surface area (Å²) in [5.74, 6) is 0.832. The van der Waals surface area contributed by atoms with Gasteiger partial charge in [0.05, 0.1) is 5.57 Å². The highest BCUT2D eigenvalue weighted by Gasteiger charge is 2.19. The monoisotopic (exact) mass is 360 g/mol. The first-order chi connectivity index (χ1) is 9.11. The Morgan fingerprint density at radius 1 is 1.50 bits per heavy atom. The molecule has 0 atom stereocenters. The van der Waals surface area contributed by atoms with Gasteiger partial charge in [0.2, 0.25) is 0 Å². The molecule has 0 fully saturated rings. The molecule has 0 aromatic heterocycles. The zero-order chi connectivity index (χ0) is 13.8. The molecule has 1 aliphatic rings. The molecular formula is C14H18BrClN2O2. The van der Waals surface area contributed by atoms with Crippen molar-refractivity contribution in [3.05, 3.63) is 33.8 Å². The van der Waals surface area contributed by atoms with Crippen molar-refractivity contribution in [2.45, 2.75) is 0 Å². The standard InChI is InChI=1S/C14H17BrN2O2.ClH/c1-16-5-6-17(2)14(18)11-7-10-8-12(15)3-4-13(10)19-9-11;/h3-4,7-8,16H,5-6,9H2,1-2H3;1H. The molecule has 0 saturated heterocycles. The normalized spacial score (nSPS) is 12.7. The molecule has 4 nitrogen and oxygen atoms in total. The predicted molar refractivity (Wildman–Crippen MR) is 86.4 cm³/mol. The van der Waals surface area contributed by atoms with Gasteiger partial charge in [-0.25, -0.2) is 0 Å². The minimum Gasteiger partial charge on any atom is -0.488 e. The van der Waals surface area contributed by atoms with E-state index in [9.17, 15) is 4.79 Å². The van der Waals surface area contributed by atoms with Crippen molar-refractivity contribution in [1.82, 2.24) is 10.2 Å². The fourth-order valence-electron chi connectivity index (χ4n) is 1.90. The number of amides is 1. The van der Waals surface area contributed by atoms with Gasteiger partial charge in [0.25, 0.3) is 5.91 Å². The number of rotatable bonds is 4. The maximum atomic E-state index is 12.2. The number of hydrogen-bond acceptors (Lipinski definition) is 3. The van der Waals surface area contributed by atoms with Crippen LogP contribution in [0.3, 0.4) is 0 Å². The fourth-order valence-corrected chi connectivity index (χ4v) is 2.28. The van der Waals surface area contributed by atoms with Crippen molar-refractivity contribution >= 4 is 40.3 Å². The number of ether oxygens (including phenoxy) is 1. The van der Waals surface area contributed by atoms with Gasteiger partial charge in [0, 0.05) is 30.2 Å². The van der Waals surface area contributed by atoms with Crippen LogP contribution in [0.1, 0.15) is 5.56 Å². The first-order valence-corrected chi connectivity index (χ1v) is 6.94. The molecule has 0 bridgehead atoms. The van der Waals surface area contributed by atoms with Gasteiger partial charge in [-0.2, -0.15) is 0 Å². The fraction of sp³-hybridized carbons (Fsp3) is 0.357. The van der Waals surface area contributed by atoms with Crippen LogP contribution in [0.4, 0.5) is 0 Å². The summed E-state index contributed by atoms with van der Waals surface area (Å²) in [4.78, 5) is 13.9. The van der Waals surface area contributed by atoms with Gasteiger partial charge < -0.3 is 15.0 Å². The minimum absolute atomic E-state index is 0. The van der Waals surface area contributed by atoms with E-state index in [-0.39, 0.29) is 18.3 Å². The van der Waals surface area contributed by atoms with Crippen molar-refractivity contribution in [3.63, 3.8) is 0 Å². The average Bonchev–Trinajstić information content (AvgIpc) is 2.43. The highest BCUT2D eigenvalue weighted by atomic mass is 79.9. The largest absolute Gasteiger partial charge is 0.488 e. The van der Waals surface area contributed by atoms with E-state index in [1.165, 1.54) is 0 Å². The van der Waals surface area contributed by atoms with E-state index in [0.29, 0.717) is 18.7 Å². The Kier molecular flexibility index (Phi) is 6.52. The number of carbonyl (C=O) groups excluding carboxylic acids is 1. The Morgan fingerprint density at radius 2 is 2.25 bits per heavy atom. The summed E-state index contributed by atoms with van der Waals surface area (Å²) in [6.07, 6.45) is 1.90. The molecule has 0 saturated carbocycles. The number of halogens is 2. The van der Waals surface area contributed by atoms with E-state index in [2.05, 4.69) is 21.2 Å². The molecule has 1 aromatic rings. The highest BCUT2D eigenvalue weighted by molar-refractivity contribution is 9.10. The highest BCUT2D eigenvalue weighted by Crippen LogP contribution is 2.29. The summed E-state index contributed by atoms with van der Waals surface area (Å²) in [7, 11) is 3.67. The van der Waals surface area contributed by atoms with E-state index in [4.69, 9.17) is 4.74 Å². The Labute approximate surface area is 133 Å². The second-order valence-corrected chi connectivity index (χ2v) is 5.39. The number of hydrogen-bond donors (Lipinski definition) is 1. The van der Waals surface area contributed by atoms with Crippen LogP contribution >= 0.6 is 28.3 Å². The van der Waals surface area contributed by atoms with Crippen LogP contribution in [0.2, 0.25) is 0 Å². The zero-order valence-corrected chi connectivity index (χ0v) is 13.9. The van der Waals surface area contributed by atoms with Crippen LogP contribution in [0, 0.1) is 0 Å². The number of nitrogens with zero attached hydrogens (tertiary/aromatic N) is 1. The Morgan fingerprint density at radius 3 is 2.95 bits per heavy atom. The Bertz CT molecular complexity index is 520. The lowest BCUT2D eigenvalue weighted by Gasteiger charge is -2.22. The Balaban J connectivity index is 0.00000200. The number of nitrogens with one attached hydrogen (secondary N) is 1. The van der Waals surface area contributed by atoms with Crippen LogP contribution in [0.25, 0.3) is 6.08 Å². The van der Waals surface area contributed by atoms with Gasteiger partial charge in [-0.3, -0.25) is 4.79 Å². The molecule has 1 aliphatic heterocycles. The van der Waals surface area contributed by atoms with E-state index >= 15 is 0 Å². The molecule has 2 rings (SSSR count). The average molecular weight is 362 g/mol. The molecule has 0 aliphatic carbocycles. The molecule has 0 spiro atoms. The minimum atomic E-state index is 0. The lowest BCUT2D eigenvalue weighted by Crippen LogP contribution is -2.35. The molecule has 1 aromatic carbocycles. The number of likely N-dealkylation sites (N-methyl/N-ethyl adjacent to an activating group) is 2. The summed E-state index contributed by atoms with van der Waals surface area (Å²) < 4.78 is 6.59. The number of benzene rings is 1. The van der Waals surface area contributed by atoms with E-state index in [1.54, 1.807) is 11.9 Å². The molecule has 0 radical (unpaired) electrons. The van der Waals surface area contributed by atoms with Crippen molar-refractivity contribution in [1.29, 1.82) is 0 Å². The molecule has 1 N–H and O–H groups in total. The summed E-state index contributed by atoms with van der Waals surface area (Å²) in [5, 5.41) is 3.03. The lowest BCUT2D eigenvalue weighted by molar-refractivity contribution is -0.126. The van der Waals surface area contributed by atoms with Crippen LogP contribution in [0.15, 0.2) is 28.2 Å². The third kappa shape index (κ3) is 3.98. The van der Waals surface area contributed by atoms with Crippen molar-refractivity contribution in [2.24, 2.45) is 0 Å². The number of carbonyl (C=O) groups is 1. The van der Waals surface area contributed by atoms with Crippen LogP contribution in [0.5, 0.6) is 5.75 Å². The molecule has 1 amide bonds. The molecule has 6 heteroatoms. The van der Waals surface area contributed by atoms with Gasteiger partial charge in [-0.1, -0.05) is 15.9 Å². The maximum absolute atomic E-state index is 12.2. The first-order valence-electron chi connectivity index (χ1n) is 6.15. The molecule has 1 heterocycles. The van der Waals surface area contributed by atoms with Gasteiger partial charge >= 0.3 is 0 Å². The number of fused-ring (bicyclic) bond motifs is 1. The van der Waals surface area contributed by atoms with E-state index in [1.807, 2.05) is 31.3 Å².